The molecule has 0 radical (unpaired) electrons. The molecule has 0 atom stereocenters. The van der Waals surface area contributed by atoms with Crippen LogP contribution in [0.3, 0.4) is 0 Å². The smallest absolute Gasteiger partial charge is 0.272 e. The molecule has 0 saturated carbocycles. The molecule has 3 rings (SSSR count). The van der Waals surface area contributed by atoms with Crippen LogP contribution in [-0.4, -0.2) is 29.8 Å². The molecule has 0 aliphatic rings. The van der Waals surface area contributed by atoms with E-state index < -0.39 is 0 Å². The molecule has 0 unspecified atom stereocenters. The first kappa shape index (κ1) is 17.8. The first-order chi connectivity index (χ1) is 12.6. The number of ether oxygens (including phenoxy) is 2. The monoisotopic (exact) mass is 353 g/mol. The highest BCUT2D eigenvalue weighted by Crippen LogP contribution is 2.28. The fourth-order valence-electron chi connectivity index (χ4n) is 2.72. The summed E-state index contributed by atoms with van der Waals surface area (Å²) in [5.74, 6) is 1.15. The highest BCUT2D eigenvalue weighted by atomic mass is 16.5. The summed E-state index contributed by atoms with van der Waals surface area (Å²) >= 11 is 0. The number of benzene rings is 2. The zero-order valence-electron chi connectivity index (χ0n) is 15.3. The Labute approximate surface area is 152 Å². The number of aryl methyl sites for hydroxylation is 1. The highest BCUT2D eigenvalue weighted by molar-refractivity contribution is 6.04. The second-order valence-electron chi connectivity index (χ2n) is 6.14. The number of amides is 1. The van der Waals surface area contributed by atoms with Gasteiger partial charge in [-0.15, -0.1) is 0 Å². The molecular formula is C20H23N3O3. The Hall–Kier alpha value is -3.02. The Morgan fingerprint density at radius 1 is 1.19 bits per heavy atom. The largest absolute Gasteiger partial charge is 0.493 e. The summed E-state index contributed by atoms with van der Waals surface area (Å²) in [6.07, 6.45) is 0.929. The van der Waals surface area contributed by atoms with Gasteiger partial charge in [0, 0.05) is 11.9 Å². The van der Waals surface area contributed by atoms with Crippen LogP contribution in [0.4, 0.5) is 0 Å². The van der Waals surface area contributed by atoms with Gasteiger partial charge in [-0.3, -0.25) is 9.89 Å². The summed E-state index contributed by atoms with van der Waals surface area (Å²) in [6, 6.07) is 11.5. The summed E-state index contributed by atoms with van der Waals surface area (Å²) in [5, 5.41) is 10.8. The zero-order valence-corrected chi connectivity index (χ0v) is 15.3. The Morgan fingerprint density at radius 3 is 2.81 bits per heavy atom. The van der Waals surface area contributed by atoms with Crippen LogP contribution in [-0.2, 0) is 6.54 Å². The summed E-state index contributed by atoms with van der Waals surface area (Å²) in [5.41, 5.74) is 3.26. The van der Waals surface area contributed by atoms with Crippen molar-refractivity contribution in [2.24, 2.45) is 0 Å². The SMILES string of the molecule is CCCOc1ccc(CNC(=O)c2n[nH]c3ccc(C)cc23)cc1OC. The molecule has 0 saturated heterocycles. The van der Waals surface area contributed by atoms with Gasteiger partial charge in [-0.1, -0.05) is 24.6 Å². The lowest BCUT2D eigenvalue weighted by atomic mass is 10.1. The van der Waals surface area contributed by atoms with E-state index in [4.69, 9.17) is 9.47 Å². The minimum Gasteiger partial charge on any atom is -0.493 e. The molecule has 0 aliphatic heterocycles. The van der Waals surface area contributed by atoms with Gasteiger partial charge in [-0.25, -0.2) is 0 Å². The first-order valence-corrected chi connectivity index (χ1v) is 8.65. The summed E-state index contributed by atoms with van der Waals surface area (Å²) in [4.78, 5) is 12.5. The molecule has 2 N–H and O–H groups in total. The quantitative estimate of drug-likeness (QED) is 0.680. The van der Waals surface area contributed by atoms with E-state index in [1.54, 1.807) is 7.11 Å². The second kappa shape index (κ2) is 7.91. The van der Waals surface area contributed by atoms with Gasteiger partial charge >= 0.3 is 0 Å². The third-order valence-electron chi connectivity index (χ3n) is 4.08. The van der Waals surface area contributed by atoms with Crippen LogP contribution in [0.5, 0.6) is 11.5 Å². The van der Waals surface area contributed by atoms with Crippen LogP contribution in [0.25, 0.3) is 10.9 Å². The van der Waals surface area contributed by atoms with Gasteiger partial charge in [0.15, 0.2) is 17.2 Å². The predicted octanol–water partition coefficient (Wildman–Crippen LogP) is 3.60. The van der Waals surface area contributed by atoms with Crippen molar-refractivity contribution in [3.63, 3.8) is 0 Å². The van der Waals surface area contributed by atoms with Crippen LogP contribution in [0.15, 0.2) is 36.4 Å². The number of aromatic nitrogens is 2. The van der Waals surface area contributed by atoms with E-state index in [1.807, 2.05) is 43.3 Å². The Morgan fingerprint density at radius 2 is 2.04 bits per heavy atom. The van der Waals surface area contributed by atoms with E-state index in [0.717, 1.165) is 28.5 Å². The number of carbonyl (C=O) groups excluding carboxylic acids is 1. The molecule has 136 valence electrons. The first-order valence-electron chi connectivity index (χ1n) is 8.65. The van der Waals surface area contributed by atoms with Gasteiger partial charge in [0.2, 0.25) is 0 Å². The Balaban J connectivity index is 1.71. The third kappa shape index (κ3) is 3.79. The molecule has 6 nitrogen and oxygen atoms in total. The number of carbonyl (C=O) groups is 1. The number of nitrogens with one attached hydrogen (secondary N) is 2. The Bertz CT molecular complexity index is 918. The van der Waals surface area contributed by atoms with Gasteiger partial charge < -0.3 is 14.8 Å². The average molecular weight is 353 g/mol. The van der Waals surface area contributed by atoms with Gasteiger partial charge in [-0.2, -0.15) is 5.10 Å². The number of rotatable bonds is 7. The maximum absolute atomic E-state index is 12.5. The molecule has 0 bridgehead atoms. The number of aromatic amines is 1. The van der Waals surface area contributed by atoms with E-state index >= 15 is 0 Å². The molecule has 1 heterocycles. The maximum atomic E-state index is 12.5. The normalized spacial score (nSPS) is 10.7. The number of methoxy groups -OCH3 is 1. The van der Waals surface area contributed by atoms with E-state index in [2.05, 4.69) is 22.4 Å². The van der Waals surface area contributed by atoms with Crippen LogP contribution in [0.1, 0.15) is 35.0 Å². The second-order valence-corrected chi connectivity index (χ2v) is 6.14. The van der Waals surface area contributed by atoms with E-state index in [-0.39, 0.29) is 5.91 Å². The standard InChI is InChI=1S/C20H23N3O3/c1-4-9-26-17-8-6-14(11-18(17)25-3)12-21-20(24)19-15-10-13(2)5-7-16(15)22-23-19/h5-8,10-11H,4,9,12H2,1-3H3,(H,21,24)(H,22,23). The summed E-state index contributed by atoms with van der Waals surface area (Å²) < 4.78 is 11.0. The lowest BCUT2D eigenvalue weighted by Gasteiger charge is -2.12. The van der Waals surface area contributed by atoms with Crippen molar-refractivity contribution in [1.82, 2.24) is 15.5 Å². The van der Waals surface area contributed by atoms with Gasteiger partial charge in [0.05, 0.1) is 19.2 Å². The van der Waals surface area contributed by atoms with Crippen molar-refractivity contribution in [2.75, 3.05) is 13.7 Å². The molecule has 0 aliphatic carbocycles. The number of hydrogen-bond acceptors (Lipinski definition) is 4. The maximum Gasteiger partial charge on any atom is 0.272 e. The highest BCUT2D eigenvalue weighted by Gasteiger charge is 2.14. The van der Waals surface area contributed by atoms with Gasteiger partial charge in [-0.05, 0) is 43.2 Å². The number of H-pyrrole nitrogens is 1. The molecule has 0 spiro atoms. The topological polar surface area (TPSA) is 76.2 Å². The molecule has 3 aromatic rings. The molecule has 0 fully saturated rings. The fourth-order valence-corrected chi connectivity index (χ4v) is 2.72. The number of fused-ring (bicyclic) bond motifs is 1. The van der Waals surface area contributed by atoms with Crippen molar-refractivity contribution in [3.8, 4) is 11.5 Å². The van der Waals surface area contributed by atoms with Gasteiger partial charge in [0.1, 0.15) is 0 Å². The van der Waals surface area contributed by atoms with Crippen molar-refractivity contribution in [2.45, 2.75) is 26.8 Å². The van der Waals surface area contributed by atoms with Crippen molar-refractivity contribution in [3.05, 3.63) is 53.2 Å². The third-order valence-corrected chi connectivity index (χ3v) is 4.08. The molecular weight excluding hydrogens is 330 g/mol. The average Bonchev–Trinajstić information content (AvgIpc) is 3.07. The lowest BCUT2D eigenvalue weighted by molar-refractivity contribution is 0.0947. The lowest BCUT2D eigenvalue weighted by Crippen LogP contribution is -2.23. The molecule has 26 heavy (non-hydrogen) atoms. The fraction of sp³-hybridized carbons (Fsp3) is 0.300. The van der Waals surface area contributed by atoms with Crippen LogP contribution < -0.4 is 14.8 Å². The predicted molar refractivity (Wildman–Crippen MR) is 101 cm³/mol. The van der Waals surface area contributed by atoms with Crippen molar-refractivity contribution < 1.29 is 14.3 Å². The number of hydrogen-bond donors (Lipinski definition) is 2. The van der Waals surface area contributed by atoms with Crippen molar-refractivity contribution in [1.29, 1.82) is 0 Å². The molecule has 1 aromatic heterocycles. The van der Waals surface area contributed by atoms with E-state index in [9.17, 15) is 4.79 Å². The van der Waals surface area contributed by atoms with Crippen LogP contribution in [0.2, 0.25) is 0 Å². The van der Waals surface area contributed by atoms with Crippen LogP contribution in [0, 0.1) is 6.92 Å². The van der Waals surface area contributed by atoms with Gasteiger partial charge in [0.25, 0.3) is 5.91 Å². The van der Waals surface area contributed by atoms with E-state index in [1.165, 1.54) is 0 Å². The van der Waals surface area contributed by atoms with Crippen molar-refractivity contribution >= 4 is 16.8 Å². The number of nitrogens with zero attached hydrogens (tertiary/aromatic N) is 1. The van der Waals surface area contributed by atoms with E-state index in [0.29, 0.717) is 30.3 Å². The summed E-state index contributed by atoms with van der Waals surface area (Å²) in [7, 11) is 1.61. The minimum atomic E-state index is -0.216. The molecule has 2 aromatic carbocycles. The zero-order chi connectivity index (χ0) is 18.5. The summed E-state index contributed by atoms with van der Waals surface area (Å²) in [6.45, 7) is 5.06. The molecule has 1 amide bonds. The van der Waals surface area contributed by atoms with Crippen LogP contribution >= 0.6 is 0 Å². The molecule has 6 heteroatoms. The minimum absolute atomic E-state index is 0.216. The Kier molecular flexibility index (Phi) is 5.41.